The summed E-state index contributed by atoms with van der Waals surface area (Å²) >= 11 is 0. The zero-order chi connectivity index (χ0) is 11.1. The molecule has 1 aliphatic rings. The average Bonchev–Trinajstić information content (AvgIpc) is 2.25. The summed E-state index contributed by atoms with van der Waals surface area (Å²) in [5.74, 6) is 0. The molecule has 0 radical (unpaired) electrons. The van der Waals surface area contributed by atoms with Crippen molar-refractivity contribution in [2.75, 3.05) is 26.3 Å². The van der Waals surface area contributed by atoms with Gasteiger partial charge in [-0.1, -0.05) is 0 Å². The molecule has 1 fully saturated rings. The van der Waals surface area contributed by atoms with Crippen molar-refractivity contribution in [2.45, 2.75) is 44.2 Å². The minimum Gasteiger partial charge on any atom is -0.396 e. The number of hydrogen-bond donors (Lipinski definition) is 3. The fourth-order valence-electron chi connectivity index (χ4n) is 2.18. The lowest BCUT2D eigenvalue weighted by atomic mass is 9.87. The van der Waals surface area contributed by atoms with Crippen LogP contribution in [0.3, 0.4) is 0 Å². The highest BCUT2D eigenvalue weighted by atomic mass is 16.5. The predicted octanol–water partition coefficient (Wildman–Crippen LogP) is 0.245. The van der Waals surface area contributed by atoms with Gasteiger partial charge in [-0.05, 0) is 39.2 Å². The summed E-state index contributed by atoms with van der Waals surface area (Å²) in [6, 6.07) is 0. The molecule has 0 aromatic carbocycles. The van der Waals surface area contributed by atoms with Crippen LogP contribution < -0.4 is 11.1 Å². The summed E-state index contributed by atoms with van der Waals surface area (Å²) in [5.41, 5.74) is 5.91. The third kappa shape index (κ3) is 4.07. The normalized spacial score (nSPS) is 31.8. The molecule has 0 spiro atoms. The molecule has 15 heavy (non-hydrogen) atoms. The molecule has 1 heterocycles. The number of ether oxygens (including phenoxy) is 1. The topological polar surface area (TPSA) is 67.5 Å². The first kappa shape index (κ1) is 12.9. The van der Waals surface area contributed by atoms with Gasteiger partial charge in [-0.3, -0.25) is 0 Å². The highest BCUT2D eigenvalue weighted by Gasteiger charge is 2.33. The van der Waals surface area contributed by atoms with E-state index in [1.54, 1.807) is 0 Å². The second kappa shape index (κ2) is 6.43. The van der Waals surface area contributed by atoms with Crippen molar-refractivity contribution < 1.29 is 9.84 Å². The second-order valence-corrected chi connectivity index (χ2v) is 4.48. The molecule has 2 unspecified atom stereocenters. The van der Waals surface area contributed by atoms with Crippen LogP contribution in [0.25, 0.3) is 0 Å². The first-order valence-electron chi connectivity index (χ1n) is 5.90. The van der Waals surface area contributed by atoms with Gasteiger partial charge in [0, 0.05) is 25.3 Å². The lowest BCUT2D eigenvalue weighted by Crippen LogP contribution is -2.56. The summed E-state index contributed by atoms with van der Waals surface area (Å²) in [4.78, 5) is 0. The van der Waals surface area contributed by atoms with E-state index in [-0.39, 0.29) is 12.1 Å². The fraction of sp³-hybridized carbons (Fsp3) is 1.00. The van der Waals surface area contributed by atoms with Gasteiger partial charge in [-0.15, -0.1) is 0 Å². The molecule has 0 amide bonds. The number of aliphatic hydroxyl groups is 1. The molecular formula is C11H24N2O2. The second-order valence-electron chi connectivity index (χ2n) is 4.48. The maximum atomic E-state index is 8.69. The Morgan fingerprint density at radius 1 is 1.53 bits per heavy atom. The van der Waals surface area contributed by atoms with Crippen LogP contribution >= 0.6 is 0 Å². The SMILES string of the molecule is CC1CC(CN)(NCCCCO)CCO1. The van der Waals surface area contributed by atoms with Gasteiger partial charge < -0.3 is 20.9 Å². The zero-order valence-electron chi connectivity index (χ0n) is 9.67. The van der Waals surface area contributed by atoms with Gasteiger partial charge in [-0.25, -0.2) is 0 Å². The number of nitrogens with one attached hydrogen (secondary N) is 1. The molecule has 0 saturated carbocycles. The Morgan fingerprint density at radius 2 is 2.33 bits per heavy atom. The Labute approximate surface area is 92.2 Å². The number of rotatable bonds is 6. The quantitative estimate of drug-likeness (QED) is 0.557. The van der Waals surface area contributed by atoms with Crippen LogP contribution in [0.5, 0.6) is 0 Å². The van der Waals surface area contributed by atoms with E-state index in [2.05, 4.69) is 12.2 Å². The van der Waals surface area contributed by atoms with Crippen LogP contribution in [0.15, 0.2) is 0 Å². The number of unbranched alkanes of at least 4 members (excludes halogenated alkanes) is 1. The average molecular weight is 216 g/mol. The Bertz CT molecular complexity index is 178. The molecule has 4 nitrogen and oxygen atoms in total. The van der Waals surface area contributed by atoms with E-state index in [4.69, 9.17) is 15.6 Å². The fourth-order valence-corrected chi connectivity index (χ4v) is 2.18. The van der Waals surface area contributed by atoms with E-state index in [1.807, 2.05) is 0 Å². The summed E-state index contributed by atoms with van der Waals surface area (Å²) in [6.07, 6.45) is 4.15. The Balaban J connectivity index is 2.31. The molecule has 0 bridgehead atoms. The van der Waals surface area contributed by atoms with Gasteiger partial charge >= 0.3 is 0 Å². The lowest BCUT2D eigenvalue weighted by Gasteiger charge is -2.40. The molecule has 4 N–H and O–H groups in total. The summed E-state index contributed by atoms with van der Waals surface area (Å²) in [6.45, 7) is 4.77. The summed E-state index contributed by atoms with van der Waals surface area (Å²) < 4.78 is 5.53. The lowest BCUT2D eigenvalue weighted by molar-refractivity contribution is -0.0162. The van der Waals surface area contributed by atoms with Crippen LogP contribution in [-0.2, 0) is 4.74 Å². The third-order valence-corrected chi connectivity index (χ3v) is 3.14. The largest absolute Gasteiger partial charge is 0.396 e. The highest BCUT2D eigenvalue weighted by Crippen LogP contribution is 2.23. The first-order chi connectivity index (χ1) is 7.22. The highest BCUT2D eigenvalue weighted by molar-refractivity contribution is 4.93. The monoisotopic (exact) mass is 216 g/mol. The van der Waals surface area contributed by atoms with Gasteiger partial charge in [0.25, 0.3) is 0 Å². The van der Waals surface area contributed by atoms with E-state index >= 15 is 0 Å². The zero-order valence-corrected chi connectivity index (χ0v) is 9.67. The molecule has 0 aliphatic carbocycles. The van der Waals surface area contributed by atoms with Crippen molar-refractivity contribution in [3.8, 4) is 0 Å². The molecule has 4 heteroatoms. The number of nitrogens with two attached hydrogens (primary N) is 1. The van der Waals surface area contributed by atoms with Crippen molar-refractivity contribution >= 4 is 0 Å². The Kier molecular flexibility index (Phi) is 5.53. The molecule has 0 aromatic heterocycles. The van der Waals surface area contributed by atoms with Gasteiger partial charge in [0.1, 0.15) is 0 Å². The Morgan fingerprint density at radius 3 is 2.93 bits per heavy atom. The molecule has 1 saturated heterocycles. The molecule has 2 atom stereocenters. The molecule has 90 valence electrons. The maximum Gasteiger partial charge on any atom is 0.0565 e. The van der Waals surface area contributed by atoms with E-state index in [9.17, 15) is 0 Å². The van der Waals surface area contributed by atoms with Gasteiger partial charge in [0.15, 0.2) is 0 Å². The summed E-state index contributed by atoms with van der Waals surface area (Å²) in [7, 11) is 0. The summed E-state index contributed by atoms with van der Waals surface area (Å²) in [5, 5.41) is 12.2. The van der Waals surface area contributed by atoms with E-state index in [0.29, 0.717) is 12.6 Å². The Hall–Kier alpha value is -0.160. The number of hydrogen-bond acceptors (Lipinski definition) is 4. The van der Waals surface area contributed by atoms with Crippen molar-refractivity contribution in [2.24, 2.45) is 5.73 Å². The van der Waals surface area contributed by atoms with Gasteiger partial charge in [0.05, 0.1) is 6.10 Å². The number of aliphatic hydroxyl groups excluding tert-OH is 1. The van der Waals surface area contributed by atoms with E-state index in [0.717, 1.165) is 38.8 Å². The predicted molar refractivity (Wildman–Crippen MR) is 60.8 cm³/mol. The standard InChI is InChI=1S/C11H24N2O2/c1-10-8-11(9-12,4-7-15-10)13-5-2-3-6-14/h10,13-14H,2-9,12H2,1H3. The van der Waals surface area contributed by atoms with E-state index < -0.39 is 0 Å². The van der Waals surface area contributed by atoms with Gasteiger partial charge in [-0.2, -0.15) is 0 Å². The van der Waals surface area contributed by atoms with Crippen LogP contribution in [0.1, 0.15) is 32.6 Å². The van der Waals surface area contributed by atoms with Gasteiger partial charge in [0.2, 0.25) is 0 Å². The molecule has 1 rings (SSSR count). The molecular weight excluding hydrogens is 192 g/mol. The van der Waals surface area contributed by atoms with Crippen LogP contribution in [0.2, 0.25) is 0 Å². The van der Waals surface area contributed by atoms with E-state index in [1.165, 1.54) is 0 Å². The van der Waals surface area contributed by atoms with Crippen molar-refractivity contribution in [1.82, 2.24) is 5.32 Å². The van der Waals surface area contributed by atoms with Crippen molar-refractivity contribution in [3.05, 3.63) is 0 Å². The maximum absolute atomic E-state index is 8.69. The minimum absolute atomic E-state index is 0.0626. The van der Waals surface area contributed by atoms with Crippen LogP contribution in [0, 0.1) is 0 Å². The smallest absolute Gasteiger partial charge is 0.0565 e. The van der Waals surface area contributed by atoms with Crippen molar-refractivity contribution in [3.63, 3.8) is 0 Å². The van der Waals surface area contributed by atoms with Crippen LogP contribution in [0.4, 0.5) is 0 Å². The molecule has 1 aliphatic heterocycles. The molecule has 0 aromatic rings. The van der Waals surface area contributed by atoms with Crippen molar-refractivity contribution in [1.29, 1.82) is 0 Å². The minimum atomic E-state index is 0.0626. The first-order valence-corrected chi connectivity index (χ1v) is 5.90. The van der Waals surface area contributed by atoms with Crippen LogP contribution in [-0.4, -0.2) is 43.1 Å². The third-order valence-electron chi connectivity index (χ3n) is 3.14.